The molecule has 3 nitrogen and oxygen atoms in total. The van der Waals surface area contributed by atoms with Gasteiger partial charge in [0.2, 0.25) is 10.1 Å². The van der Waals surface area contributed by atoms with Gasteiger partial charge in [0.25, 0.3) is 0 Å². The minimum atomic E-state index is -1.56. The maximum atomic E-state index is 5.62. The molecule has 0 radical (unpaired) electrons. The van der Waals surface area contributed by atoms with Crippen molar-refractivity contribution in [1.82, 2.24) is 0 Å². The van der Waals surface area contributed by atoms with E-state index >= 15 is 0 Å². The van der Waals surface area contributed by atoms with Gasteiger partial charge in [-0.3, -0.25) is 0 Å². The van der Waals surface area contributed by atoms with Crippen molar-refractivity contribution in [3.05, 3.63) is 0 Å². The molecule has 1 unspecified atom stereocenters. The van der Waals surface area contributed by atoms with Crippen LogP contribution < -0.4 is 0 Å². The molecule has 0 aromatic heterocycles. The van der Waals surface area contributed by atoms with Crippen LogP contribution in [0.2, 0.25) is 0 Å². The van der Waals surface area contributed by atoms with Gasteiger partial charge in [0, 0.05) is 6.61 Å². The van der Waals surface area contributed by atoms with Crippen LogP contribution in [-0.2, 0) is 14.2 Å². The Hall–Kier alpha value is 0.750. The molecule has 0 aromatic carbocycles. The Morgan fingerprint density at radius 3 is 2.38 bits per heavy atom. The summed E-state index contributed by atoms with van der Waals surface area (Å²) in [5, 5.41) is 0. The van der Waals surface area contributed by atoms with Crippen LogP contribution in [0.4, 0.5) is 0 Å². The zero-order chi connectivity index (χ0) is 9.73. The van der Waals surface area contributed by atoms with E-state index in [9.17, 15) is 0 Å². The molecule has 13 heavy (non-hydrogen) atoms. The van der Waals surface area contributed by atoms with Crippen LogP contribution in [0.25, 0.3) is 0 Å². The molecule has 1 fully saturated rings. The molecule has 0 aliphatic carbocycles. The summed E-state index contributed by atoms with van der Waals surface area (Å²) < 4.78 is 13.9. The molecule has 1 heterocycles. The SMILES string of the molecule is ClC(Cl)(Cl)C1OCCCCOCO1. The average Bonchev–Trinajstić information content (AvgIpc) is 2.14. The van der Waals surface area contributed by atoms with Crippen molar-refractivity contribution >= 4 is 34.8 Å². The van der Waals surface area contributed by atoms with Crippen molar-refractivity contribution in [3.63, 3.8) is 0 Å². The van der Waals surface area contributed by atoms with E-state index in [4.69, 9.17) is 49.0 Å². The lowest BCUT2D eigenvalue weighted by atomic mass is 10.3. The maximum absolute atomic E-state index is 5.62. The summed E-state index contributed by atoms with van der Waals surface area (Å²) in [4.78, 5) is 0. The van der Waals surface area contributed by atoms with Gasteiger partial charge in [0.15, 0.2) is 0 Å². The fourth-order valence-corrected chi connectivity index (χ4v) is 1.28. The standard InChI is InChI=1S/C7H11Cl3O3/c8-7(9,10)6-12-4-2-1-3-11-5-13-6/h6H,1-5H2. The first kappa shape index (κ1) is 11.8. The van der Waals surface area contributed by atoms with E-state index in [1.165, 1.54) is 0 Å². The molecule has 1 atom stereocenters. The number of rotatable bonds is 0. The highest BCUT2D eigenvalue weighted by Gasteiger charge is 2.34. The minimum Gasteiger partial charge on any atom is -0.355 e. The Morgan fingerprint density at radius 1 is 1.00 bits per heavy atom. The van der Waals surface area contributed by atoms with E-state index < -0.39 is 10.1 Å². The quantitative estimate of drug-likeness (QED) is 0.617. The van der Waals surface area contributed by atoms with Crippen LogP contribution in [0.15, 0.2) is 0 Å². The first-order valence-electron chi connectivity index (χ1n) is 3.98. The number of halogens is 3. The number of alkyl halides is 3. The Kier molecular flexibility index (Phi) is 5.08. The lowest BCUT2D eigenvalue weighted by Crippen LogP contribution is -2.32. The second-order valence-corrected chi connectivity index (χ2v) is 5.01. The zero-order valence-corrected chi connectivity index (χ0v) is 9.24. The fraction of sp³-hybridized carbons (Fsp3) is 1.00. The monoisotopic (exact) mass is 248 g/mol. The second kappa shape index (κ2) is 5.59. The topological polar surface area (TPSA) is 27.7 Å². The third-order valence-electron chi connectivity index (χ3n) is 1.52. The highest BCUT2D eigenvalue weighted by molar-refractivity contribution is 6.67. The van der Waals surface area contributed by atoms with Gasteiger partial charge in [0.05, 0.1) is 6.61 Å². The maximum Gasteiger partial charge on any atom is 0.240 e. The Balaban J connectivity index is 2.41. The van der Waals surface area contributed by atoms with E-state index in [-0.39, 0.29) is 6.79 Å². The van der Waals surface area contributed by atoms with Gasteiger partial charge in [0.1, 0.15) is 6.79 Å². The molecule has 0 aromatic rings. The summed E-state index contributed by atoms with van der Waals surface area (Å²) in [7, 11) is 0. The van der Waals surface area contributed by atoms with Crippen LogP contribution in [-0.4, -0.2) is 30.1 Å². The van der Waals surface area contributed by atoms with E-state index in [1.807, 2.05) is 0 Å². The first-order chi connectivity index (χ1) is 6.11. The molecule has 0 N–H and O–H groups in total. The molecule has 1 aliphatic heterocycles. The summed E-state index contributed by atoms with van der Waals surface area (Å²) in [5.41, 5.74) is 0. The van der Waals surface area contributed by atoms with Gasteiger partial charge in [-0.05, 0) is 12.8 Å². The molecule has 78 valence electrons. The van der Waals surface area contributed by atoms with Crippen LogP contribution in [0, 0.1) is 0 Å². The summed E-state index contributed by atoms with van der Waals surface area (Å²) >= 11 is 16.8. The average molecular weight is 250 g/mol. The van der Waals surface area contributed by atoms with Crippen molar-refractivity contribution < 1.29 is 14.2 Å². The lowest BCUT2D eigenvalue weighted by Gasteiger charge is -2.23. The van der Waals surface area contributed by atoms with E-state index in [0.29, 0.717) is 13.2 Å². The fourth-order valence-electron chi connectivity index (χ4n) is 0.902. The third-order valence-corrected chi connectivity index (χ3v) is 2.06. The van der Waals surface area contributed by atoms with Crippen molar-refractivity contribution in [3.8, 4) is 0 Å². The molecule has 0 bridgehead atoms. The van der Waals surface area contributed by atoms with Crippen molar-refractivity contribution in [2.75, 3.05) is 20.0 Å². The van der Waals surface area contributed by atoms with Gasteiger partial charge >= 0.3 is 0 Å². The van der Waals surface area contributed by atoms with Crippen LogP contribution in [0.5, 0.6) is 0 Å². The van der Waals surface area contributed by atoms with Gasteiger partial charge < -0.3 is 14.2 Å². The third kappa shape index (κ3) is 4.68. The predicted octanol–water partition coefficient (Wildman–Crippen LogP) is 2.48. The first-order valence-corrected chi connectivity index (χ1v) is 5.12. The molecule has 1 aliphatic rings. The van der Waals surface area contributed by atoms with Gasteiger partial charge in [-0.2, -0.15) is 0 Å². The summed E-state index contributed by atoms with van der Waals surface area (Å²) in [6.45, 7) is 1.26. The van der Waals surface area contributed by atoms with Crippen molar-refractivity contribution in [1.29, 1.82) is 0 Å². The Bertz CT molecular complexity index is 138. The molecule has 6 heteroatoms. The number of ether oxygens (including phenoxy) is 3. The zero-order valence-electron chi connectivity index (χ0n) is 6.97. The van der Waals surface area contributed by atoms with E-state index in [0.717, 1.165) is 12.8 Å². The molecule has 1 rings (SSSR count). The predicted molar refractivity (Wildman–Crippen MR) is 51.2 cm³/mol. The molecular formula is C7H11Cl3O3. The van der Waals surface area contributed by atoms with Gasteiger partial charge in [-0.15, -0.1) is 0 Å². The highest BCUT2D eigenvalue weighted by atomic mass is 35.6. The molecule has 0 spiro atoms. The summed E-state index contributed by atoms with van der Waals surface area (Å²) in [6.07, 6.45) is 0.951. The summed E-state index contributed by atoms with van der Waals surface area (Å²) in [6, 6.07) is 0. The molecule has 0 saturated carbocycles. The Labute approximate surface area is 92.2 Å². The molecule has 1 saturated heterocycles. The van der Waals surface area contributed by atoms with Gasteiger partial charge in [-0.1, -0.05) is 34.8 Å². The highest BCUT2D eigenvalue weighted by Crippen LogP contribution is 2.33. The van der Waals surface area contributed by atoms with Crippen LogP contribution in [0.3, 0.4) is 0 Å². The van der Waals surface area contributed by atoms with Gasteiger partial charge in [-0.25, -0.2) is 0 Å². The van der Waals surface area contributed by atoms with E-state index in [2.05, 4.69) is 0 Å². The normalized spacial score (nSPS) is 27.5. The minimum absolute atomic E-state index is 0.0958. The van der Waals surface area contributed by atoms with Crippen LogP contribution >= 0.6 is 34.8 Å². The van der Waals surface area contributed by atoms with Crippen molar-refractivity contribution in [2.24, 2.45) is 0 Å². The van der Waals surface area contributed by atoms with Crippen LogP contribution in [0.1, 0.15) is 12.8 Å². The molecule has 0 amide bonds. The Morgan fingerprint density at radius 2 is 1.69 bits per heavy atom. The summed E-state index contributed by atoms with van der Waals surface area (Å²) in [5.74, 6) is 0. The smallest absolute Gasteiger partial charge is 0.240 e. The van der Waals surface area contributed by atoms with E-state index in [1.54, 1.807) is 0 Å². The number of hydrogen-bond donors (Lipinski definition) is 0. The lowest BCUT2D eigenvalue weighted by molar-refractivity contribution is -0.185. The molecular weight excluding hydrogens is 238 g/mol. The van der Waals surface area contributed by atoms with Crippen molar-refractivity contribution in [2.45, 2.75) is 22.9 Å². The number of hydrogen-bond acceptors (Lipinski definition) is 3. The second-order valence-electron chi connectivity index (χ2n) is 2.64. The largest absolute Gasteiger partial charge is 0.355 e.